The number of thiophene rings is 1. The molecule has 1 aliphatic rings. The average molecular weight is 474 g/mol. The highest BCUT2D eigenvalue weighted by atomic mass is 32.1. The standard InChI is InChI=1S/C26H23N3O4S/c1-15-5-4-6-17(13-15)23-28-24-22(19-7-2-3-8-20(19)34-24)25(31)29(23)14-21(30)27-18-11-9-16(10-12-18)26(32)33/h4-6,9-13H,2-3,7-8,14H2,1H3,(H,27,30)(H,32,33). The fourth-order valence-corrected chi connectivity index (χ4v) is 5.68. The summed E-state index contributed by atoms with van der Waals surface area (Å²) < 4.78 is 1.46. The summed E-state index contributed by atoms with van der Waals surface area (Å²) in [6, 6.07) is 13.6. The molecule has 172 valence electrons. The number of aryl methyl sites for hydroxylation is 3. The summed E-state index contributed by atoms with van der Waals surface area (Å²) >= 11 is 1.59. The number of nitrogens with one attached hydrogen (secondary N) is 1. The lowest BCUT2D eigenvalue weighted by atomic mass is 9.97. The Labute approximate surface area is 199 Å². The van der Waals surface area contributed by atoms with Gasteiger partial charge in [-0.15, -0.1) is 11.3 Å². The molecule has 2 aromatic heterocycles. The highest BCUT2D eigenvalue weighted by molar-refractivity contribution is 7.18. The Bertz CT molecular complexity index is 1480. The summed E-state index contributed by atoms with van der Waals surface area (Å²) in [6.07, 6.45) is 3.98. The number of carboxylic acids is 1. The molecule has 0 spiro atoms. The average Bonchev–Trinajstić information content (AvgIpc) is 3.20. The molecular weight excluding hydrogens is 450 g/mol. The van der Waals surface area contributed by atoms with Gasteiger partial charge in [-0.1, -0.05) is 23.8 Å². The lowest BCUT2D eigenvalue weighted by Gasteiger charge is -2.14. The Morgan fingerprint density at radius 1 is 1.12 bits per heavy atom. The minimum absolute atomic E-state index is 0.132. The number of nitrogens with zero attached hydrogens (tertiary/aromatic N) is 2. The van der Waals surface area contributed by atoms with Gasteiger partial charge >= 0.3 is 5.97 Å². The first-order chi connectivity index (χ1) is 16.4. The van der Waals surface area contributed by atoms with E-state index in [2.05, 4.69) is 5.32 Å². The lowest BCUT2D eigenvalue weighted by molar-refractivity contribution is -0.116. The van der Waals surface area contributed by atoms with Gasteiger partial charge in [0.1, 0.15) is 17.2 Å². The minimum Gasteiger partial charge on any atom is -0.478 e. The number of rotatable bonds is 5. The van der Waals surface area contributed by atoms with Crippen molar-refractivity contribution >= 4 is 39.1 Å². The first-order valence-corrected chi connectivity index (χ1v) is 12.0. The van der Waals surface area contributed by atoms with Crippen LogP contribution in [0.4, 0.5) is 5.69 Å². The van der Waals surface area contributed by atoms with E-state index in [1.807, 2.05) is 31.2 Å². The van der Waals surface area contributed by atoms with Crippen LogP contribution < -0.4 is 10.9 Å². The Hall–Kier alpha value is -3.78. The molecule has 0 saturated heterocycles. The zero-order valence-electron chi connectivity index (χ0n) is 18.6. The highest BCUT2D eigenvalue weighted by Crippen LogP contribution is 2.35. The van der Waals surface area contributed by atoms with Crippen molar-refractivity contribution in [2.75, 3.05) is 5.32 Å². The van der Waals surface area contributed by atoms with Crippen molar-refractivity contribution in [3.05, 3.63) is 80.5 Å². The van der Waals surface area contributed by atoms with Gasteiger partial charge in [0.25, 0.3) is 5.56 Å². The maximum absolute atomic E-state index is 13.7. The molecule has 0 atom stereocenters. The third-order valence-corrected chi connectivity index (χ3v) is 7.25. The molecule has 2 aromatic carbocycles. The van der Waals surface area contributed by atoms with Crippen LogP contribution in [0.15, 0.2) is 53.3 Å². The molecule has 0 unspecified atom stereocenters. The van der Waals surface area contributed by atoms with Crippen LogP contribution in [-0.4, -0.2) is 26.5 Å². The number of carboxylic acid groups (broad SMARTS) is 1. The summed E-state index contributed by atoms with van der Waals surface area (Å²) in [6.45, 7) is 1.78. The number of anilines is 1. The van der Waals surface area contributed by atoms with Crippen LogP contribution in [-0.2, 0) is 24.2 Å². The monoisotopic (exact) mass is 473 g/mol. The maximum atomic E-state index is 13.7. The second-order valence-corrected chi connectivity index (χ2v) is 9.60. The molecular formula is C26H23N3O4S. The number of hydrogen-bond donors (Lipinski definition) is 2. The van der Waals surface area contributed by atoms with E-state index in [1.54, 1.807) is 11.3 Å². The fourth-order valence-electron chi connectivity index (χ4n) is 4.43. The van der Waals surface area contributed by atoms with Crippen molar-refractivity contribution in [3.8, 4) is 11.4 Å². The smallest absolute Gasteiger partial charge is 0.335 e. The number of aromatic carboxylic acids is 1. The molecule has 0 fully saturated rings. The summed E-state index contributed by atoms with van der Waals surface area (Å²) in [7, 11) is 0. The van der Waals surface area contributed by atoms with Gasteiger partial charge in [-0.3, -0.25) is 14.2 Å². The lowest BCUT2D eigenvalue weighted by Crippen LogP contribution is -2.30. The molecule has 0 aliphatic heterocycles. The van der Waals surface area contributed by atoms with Crippen LogP contribution in [0.3, 0.4) is 0 Å². The number of hydrogen-bond acceptors (Lipinski definition) is 5. The predicted molar refractivity (Wildman–Crippen MR) is 133 cm³/mol. The topological polar surface area (TPSA) is 101 Å². The zero-order valence-corrected chi connectivity index (χ0v) is 19.4. The van der Waals surface area contributed by atoms with Crippen LogP contribution in [0.2, 0.25) is 0 Å². The van der Waals surface area contributed by atoms with E-state index < -0.39 is 5.97 Å². The van der Waals surface area contributed by atoms with Crippen molar-refractivity contribution in [1.29, 1.82) is 0 Å². The van der Waals surface area contributed by atoms with Gasteiger partial charge in [0.2, 0.25) is 5.91 Å². The molecule has 4 aromatic rings. The van der Waals surface area contributed by atoms with Gasteiger partial charge in [-0.05, 0) is 68.5 Å². The van der Waals surface area contributed by atoms with Crippen LogP contribution in [0.25, 0.3) is 21.6 Å². The van der Waals surface area contributed by atoms with Crippen LogP contribution in [0.5, 0.6) is 0 Å². The second-order valence-electron chi connectivity index (χ2n) is 8.52. The Morgan fingerprint density at radius 2 is 1.88 bits per heavy atom. The molecule has 7 nitrogen and oxygen atoms in total. The minimum atomic E-state index is -1.04. The normalized spacial score (nSPS) is 13.0. The summed E-state index contributed by atoms with van der Waals surface area (Å²) in [5, 5.41) is 12.5. The Balaban J connectivity index is 1.57. The molecule has 1 aliphatic carbocycles. The molecule has 2 N–H and O–H groups in total. The Kier molecular flexibility index (Phi) is 5.75. The quantitative estimate of drug-likeness (QED) is 0.439. The SMILES string of the molecule is Cc1cccc(-c2nc3sc4c(c3c(=O)n2CC(=O)Nc2ccc(C(=O)O)cc2)CCCC4)c1. The van der Waals surface area contributed by atoms with Crippen molar-refractivity contribution in [2.24, 2.45) is 0 Å². The van der Waals surface area contributed by atoms with Crippen molar-refractivity contribution < 1.29 is 14.7 Å². The zero-order chi connectivity index (χ0) is 23.8. The van der Waals surface area contributed by atoms with E-state index in [1.165, 1.54) is 33.7 Å². The number of benzene rings is 2. The molecule has 8 heteroatoms. The number of fused-ring (bicyclic) bond motifs is 3. The van der Waals surface area contributed by atoms with Gasteiger partial charge in [0.15, 0.2) is 0 Å². The highest BCUT2D eigenvalue weighted by Gasteiger charge is 2.23. The van der Waals surface area contributed by atoms with E-state index >= 15 is 0 Å². The van der Waals surface area contributed by atoms with Gasteiger partial charge in [0.05, 0.1) is 10.9 Å². The summed E-state index contributed by atoms with van der Waals surface area (Å²) in [5.74, 6) is -0.953. The molecule has 2 heterocycles. The predicted octanol–water partition coefficient (Wildman–Crippen LogP) is 4.65. The summed E-state index contributed by atoms with van der Waals surface area (Å²) in [4.78, 5) is 44.6. The van der Waals surface area contributed by atoms with E-state index in [0.29, 0.717) is 16.9 Å². The fraction of sp³-hybridized carbons (Fsp3) is 0.231. The first-order valence-electron chi connectivity index (χ1n) is 11.2. The third kappa shape index (κ3) is 4.12. The van der Waals surface area contributed by atoms with E-state index in [-0.39, 0.29) is 23.6 Å². The number of carbonyl (C=O) groups excluding carboxylic acids is 1. The number of carbonyl (C=O) groups is 2. The van der Waals surface area contributed by atoms with Crippen LogP contribution in [0, 0.1) is 6.92 Å². The summed E-state index contributed by atoms with van der Waals surface area (Å²) in [5.41, 5.74) is 3.29. The van der Waals surface area contributed by atoms with E-state index in [9.17, 15) is 14.4 Å². The largest absolute Gasteiger partial charge is 0.478 e. The van der Waals surface area contributed by atoms with Crippen LogP contribution >= 0.6 is 11.3 Å². The Morgan fingerprint density at radius 3 is 2.62 bits per heavy atom. The van der Waals surface area contributed by atoms with E-state index in [4.69, 9.17) is 10.1 Å². The molecule has 1 amide bonds. The third-order valence-electron chi connectivity index (χ3n) is 6.07. The van der Waals surface area contributed by atoms with Crippen molar-refractivity contribution in [2.45, 2.75) is 39.2 Å². The van der Waals surface area contributed by atoms with Gasteiger partial charge < -0.3 is 10.4 Å². The molecule has 34 heavy (non-hydrogen) atoms. The molecule has 0 saturated carbocycles. The molecule has 0 bridgehead atoms. The van der Waals surface area contributed by atoms with Crippen LogP contribution in [0.1, 0.15) is 39.2 Å². The van der Waals surface area contributed by atoms with Gasteiger partial charge in [-0.2, -0.15) is 0 Å². The maximum Gasteiger partial charge on any atom is 0.335 e. The molecule has 5 rings (SSSR count). The van der Waals surface area contributed by atoms with E-state index in [0.717, 1.165) is 47.2 Å². The molecule has 0 radical (unpaired) electrons. The number of aromatic nitrogens is 2. The van der Waals surface area contributed by atoms with Crippen molar-refractivity contribution in [1.82, 2.24) is 9.55 Å². The second kappa shape index (κ2) is 8.87. The number of amides is 1. The first kappa shape index (κ1) is 22.0. The van der Waals surface area contributed by atoms with Crippen molar-refractivity contribution in [3.63, 3.8) is 0 Å². The van der Waals surface area contributed by atoms with Gasteiger partial charge in [0, 0.05) is 16.1 Å². The van der Waals surface area contributed by atoms with Gasteiger partial charge in [-0.25, -0.2) is 9.78 Å².